The van der Waals surface area contributed by atoms with Gasteiger partial charge in [0, 0.05) is 13.0 Å². The highest BCUT2D eigenvalue weighted by Crippen LogP contribution is 2.30. The van der Waals surface area contributed by atoms with Gasteiger partial charge in [0.2, 0.25) is 0 Å². The summed E-state index contributed by atoms with van der Waals surface area (Å²) in [6.07, 6.45) is 6.25. The number of ketones is 1. The Balaban J connectivity index is 1.93. The molecule has 0 amide bonds. The molecule has 1 aromatic rings. The summed E-state index contributed by atoms with van der Waals surface area (Å²) in [6.45, 7) is 1.44. The Bertz CT molecular complexity index is 421. The summed E-state index contributed by atoms with van der Waals surface area (Å²) in [5, 5.41) is 10.2. The summed E-state index contributed by atoms with van der Waals surface area (Å²) >= 11 is 0. The second-order valence-corrected chi connectivity index (χ2v) is 5.61. The van der Waals surface area contributed by atoms with E-state index in [4.69, 9.17) is 10.2 Å². The molecule has 1 heterocycles. The molecule has 19 heavy (non-hydrogen) atoms. The van der Waals surface area contributed by atoms with Crippen molar-refractivity contribution in [3.8, 4) is 0 Å². The van der Waals surface area contributed by atoms with Crippen molar-refractivity contribution < 1.29 is 14.3 Å². The number of hydrogen-bond acceptors (Lipinski definition) is 4. The lowest BCUT2D eigenvalue weighted by Gasteiger charge is -2.26. The Morgan fingerprint density at radius 2 is 2.11 bits per heavy atom. The second kappa shape index (κ2) is 6.35. The average molecular weight is 265 g/mol. The number of nitrogens with two attached hydrogens (primary N) is 1. The lowest BCUT2D eigenvalue weighted by molar-refractivity contribution is 0.0931. The van der Waals surface area contributed by atoms with Gasteiger partial charge in [-0.3, -0.25) is 4.79 Å². The molecule has 0 unspecified atom stereocenters. The quantitative estimate of drug-likeness (QED) is 0.803. The van der Waals surface area contributed by atoms with Crippen LogP contribution in [-0.4, -0.2) is 16.9 Å². The average Bonchev–Trinajstić information content (AvgIpc) is 2.88. The highest BCUT2D eigenvalue weighted by atomic mass is 16.4. The largest absolute Gasteiger partial charge is 0.455 e. The van der Waals surface area contributed by atoms with Crippen LogP contribution in [0.4, 0.5) is 0 Å². The van der Waals surface area contributed by atoms with E-state index >= 15 is 0 Å². The molecule has 0 saturated heterocycles. The molecule has 3 N–H and O–H groups in total. The smallest absolute Gasteiger partial charge is 0.194 e. The van der Waals surface area contributed by atoms with Crippen LogP contribution in [0.25, 0.3) is 0 Å². The molecule has 0 aromatic carbocycles. The van der Waals surface area contributed by atoms with E-state index in [-0.39, 0.29) is 17.6 Å². The fourth-order valence-corrected chi connectivity index (χ4v) is 2.85. The van der Waals surface area contributed by atoms with Gasteiger partial charge >= 0.3 is 0 Å². The molecule has 1 aliphatic rings. The third-order valence-electron chi connectivity index (χ3n) is 4.00. The van der Waals surface area contributed by atoms with Crippen molar-refractivity contribution in [3.63, 3.8) is 0 Å². The zero-order chi connectivity index (χ0) is 13.8. The molecule has 0 spiro atoms. The van der Waals surface area contributed by atoms with Gasteiger partial charge in [-0.2, -0.15) is 0 Å². The minimum Gasteiger partial charge on any atom is -0.455 e. The summed E-state index contributed by atoms with van der Waals surface area (Å²) in [6, 6.07) is 2.91. The van der Waals surface area contributed by atoms with Crippen molar-refractivity contribution in [3.05, 3.63) is 23.7 Å². The Morgan fingerprint density at radius 1 is 1.42 bits per heavy atom. The maximum Gasteiger partial charge on any atom is 0.194 e. The van der Waals surface area contributed by atoms with Crippen molar-refractivity contribution in [2.24, 2.45) is 11.7 Å². The molecule has 106 valence electrons. The third kappa shape index (κ3) is 3.67. The SMILES string of the molecule is CC(=O)c1ccc([C@@H](O)[C@H](N)CC2CCCCC2)o1. The van der Waals surface area contributed by atoms with E-state index in [2.05, 4.69) is 0 Å². The van der Waals surface area contributed by atoms with Crippen LogP contribution in [0, 0.1) is 5.92 Å². The van der Waals surface area contributed by atoms with E-state index in [9.17, 15) is 9.90 Å². The molecule has 2 atom stereocenters. The van der Waals surface area contributed by atoms with Crippen LogP contribution in [0.3, 0.4) is 0 Å². The molecule has 2 rings (SSSR count). The monoisotopic (exact) mass is 265 g/mol. The lowest BCUT2D eigenvalue weighted by Crippen LogP contribution is -2.31. The van der Waals surface area contributed by atoms with Crippen molar-refractivity contribution in [1.29, 1.82) is 0 Å². The zero-order valence-corrected chi connectivity index (χ0v) is 11.5. The van der Waals surface area contributed by atoms with E-state index in [1.54, 1.807) is 12.1 Å². The van der Waals surface area contributed by atoms with E-state index in [1.165, 1.54) is 39.0 Å². The molecule has 1 fully saturated rings. The van der Waals surface area contributed by atoms with Crippen LogP contribution in [0.1, 0.15) is 67.9 Å². The maximum atomic E-state index is 11.2. The Labute approximate surface area is 114 Å². The van der Waals surface area contributed by atoms with E-state index < -0.39 is 6.10 Å². The van der Waals surface area contributed by atoms with E-state index in [0.29, 0.717) is 11.7 Å². The van der Waals surface area contributed by atoms with Gasteiger partial charge in [-0.25, -0.2) is 0 Å². The van der Waals surface area contributed by atoms with Gasteiger partial charge in [0.05, 0.1) is 0 Å². The fraction of sp³-hybridized carbons (Fsp3) is 0.667. The number of furan rings is 1. The predicted octanol–water partition coefficient (Wildman–Crippen LogP) is 2.81. The van der Waals surface area contributed by atoms with Crippen LogP contribution in [0.15, 0.2) is 16.5 Å². The van der Waals surface area contributed by atoms with Crippen molar-refractivity contribution in [2.75, 3.05) is 0 Å². The predicted molar refractivity (Wildman–Crippen MR) is 72.8 cm³/mol. The first-order valence-corrected chi connectivity index (χ1v) is 7.12. The number of carbonyl (C=O) groups is 1. The number of Topliss-reactive ketones (excluding diaryl/α,β-unsaturated/α-hetero) is 1. The first-order chi connectivity index (χ1) is 9.08. The van der Waals surface area contributed by atoms with E-state index in [1.807, 2.05) is 0 Å². The Morgan fingerprint density at radius 3 is 2.68 bits per heavy atom. The number of carbonyl (C=O) groups excluding carboxylic acids is 1. The summed E-state index contributed by atoms with van der Waals surface area (Å²) in [4.78, 5) is 11.2. The van der Waals surface area contributed by atoms with Gasteiger partial charge < -0.3 is 15.3 Å². The first kappa shape index (κ1) is 14.3. The molecule has 4 nitrogen and oxygen atoms in total. The van der Waals surface area contributed by atoms with Crippen LogP contribution in [0.5, 0.6) is 0 Å². The third-order valence-corrected chi connectivity index (χ3v) is 4.00. The zero-order valence-electron chi connectivity index (χ0n) is 11.5. The van der Waals surface area contributed by atoms with Crippen molar-refractivity contribution >= 4 is 5.78 Å². The van der Waals surface area contributed by atoms with Gasteiger partial charge in [-0.1, -0.05) is 32.1 Å². The number of aliphatic hydroxyl groups is 1. The van der Waals surface area contributed by atoms with Crippen molar-refractivity contribution in [1.82, 2.24) is 0 Å². The normalized spacial score (nSPS) is 20.2. The summed E-state index contributed by atoms with van der Waals surface area (Å²) in [5.74, 6) is 1.15. The summed E-state index contributed by atoms with van der Waals surface area (Å²) in [5.41, 5.74) is 6.07. The van der Waals surface area contributed by atoms with Crippen LogP contribution >= 0.6 is 0 Å². The molecule has 0 bridgehead atoms. The van der Waals surface area contributed by atoms with E-state index in [0.717, 1.165) is 6.42 Å². The van der Waals surface area contributed by atoms with Gasteiger partial charge in [-0.05, 0) is 24.5 Å². The van der Waals surface area contributed by atoms with Gasteiger partial charge in [0.15, 0.2) is 11.5 Å². The molecule has 0 aliphatic heterocycles. The second-order valence-electron chi connectivity index (χ2n) is 5.61. The summed E-state index contributed by atoms with van der Waals surface area (Å²) < 4.78 is 5.34. The van der Waals surface area contributed by atoms with Gasteiger partial charge in [-0.15, -0.1) is 0 Å². The first-order valence-electron chi connectivity index (χ1n) is 7.12. The fourth-order valence-electron chi connectivity index (χ4n) is 2.85. The number of hydrogen-bond donors (Lipinski definition) is 2. The number of rotatable bonds is 5. The van der Waals surface area contributed by atoms with Crippen LogP contribution in [-0.2, 0) is 0 Å². The standard InChI is InChI=1S/C15H23NO3/c1-10(17)13-7-8-14(19-13)15(18)12(16)9-11-5-3-2-4-6-11/h7-8,11-12,15,18H,2-6,9,16H2,1H3/t12-,15+/m1/s1. The Kier molecular flexibility index (Phi) is 4.77. The molecule has 4 heteroatoms. The highest BCUT2D eigenvalue weighted by Gasteiger charge is 2.25. The molecule has 1 aliphatic carbocycles. The molecule has 0 radical (unpaired) electrons. The topological polar surface area (TPSA) is 76.5 Å². The van der Waals surface area contributed by atoms with Gasteiger partial charge in [0.25, 0.3) is 0 Å². The Hall–Kier alpha value is -1.13. The lowest BCUT2D eigenvalue weighted by atomic mass is 9.84. The summed E-state index contributed by atoms with van der Waals surface area (Å²) in [7, 11) is 0. The highest BCUT2D eigenvalue weighted by molar-refractivity contribution is 5.91. The molecule has 1 saturated carbocycles. The van der Waals surface area contributed by atoms with Crippen LogP contribution in [0.2, 0.25) is 0 Å². The molecular weight excluding hydrogens is 242 g/mol. The van der Waals surface area contributed by atoms with Gasteiger partial charge in [0.1, 0.15) is 11.9 Å². The number of aliphatic hydroxyl groups excluding tert-OH is 1. The van der Waals surface area contributed by atoms with Crippen LogP contribution < -0.4 is 5.73 Å². The van der Waals surface area contributed by atoms with Crippen molar-refractivity contribution in [2.45, 2.75) is 57.6 Å². The maximum absolute atomic E-state index is 11.2. The molecule has 1 aromatic heterocycles. The minimum absolute atomic E-state index is 0.140. The molecular formula is C15H23NO3. The minimum atomic E-state index is -0.824.